The van der Waals surface area contributed by atoms with Crippen molar-refractivity contribution >= 4 is 34.4 Å². The van der Waals surface area contributed by atoms with Gasteiger partial charge in [0.2, 0.25) is 5.95 Å². The summed E-state index contributed by atoms with van der Waals surface area (Å²) in [4.78, 5) is 26.1. The number of amides is 1. The zero-order chi connectivity index (χ0) is 25.6. The first-order chi connectivity index (χ1) is 17.9. The molecule has 4 heterocycles. The Kier molecular flexibility index (Phi) is 5.94. The first kappa shape index (κ1) is 23.6. The summed E-state index contributed by atoms with van der Waals surface area (Å²) in [6, 6.07) is 3.29. The first-order valence-electron chi connectivity index (χ1n) is 12.2. The van der Waals surface area contributed by atoms with Crippen LogP contribution in [0.1, 0.15) is 28.8 Å². The van der Waals surface area contributed by atoms with Crippen molar-refractivity contribution in [3.63, 3.8) is 0 Å². The highest BCUT2D eigenvalue weighted by molar-refractivity contribution is 5.99. The van der Waals surface area contributed by atoms with Gasteiger partial charge in [0.15, 0.2) is 11.5 Å². The molecule has 10 nitrogen and oxygen atoms in total. The van der Waals surface area contributed by atoms with E-state index >= 15 is 0 Å². The number of morpholine rings is 1. The number of hydrogen-bond acceptors (Lipinski definition) is 8. The molecule has 2 fully saturated rings. The summed E-state index contributed by atoms with van der Waals surface area (Å²) in [6.07, 6.45) is -1.59. The van der Waals surface area contributed by atoms with E-state index in [1.165, 1.54) is 0 Å². The molecule has 0 atom stereocenters. The Morgan fingerprint density at radius 2 is 1.84 bits per heavy atom. The third kappa shape index (κ3) is 4.70. The Bertz CT molecular complexity index is 1330. The third-order valence-electron chi connectivity index (χ3n) is 6.56. The van der Waals surface area contributed by atoms with Crippen LogP contribution in [-0.2, 0) is 10.9 Å². The van der Waals surface area contributed by atoms with Gasteiger partial charge in [0, 0.05) is 25.8 Å². The number of carbonyl (C=O) groups is 1. The Morgan fingerprint density at radius 1 is 1.08 bits per heavy atom. The van der Waals surface area contributed by atoms with Crippen molar-refractivity contribution in [2.24, 2.45) is 5.92 Å². The van der Waals surface area contributed by atoms with Gasteiger partial charge in [0.05, 0.1) is 35.4 Å². The van der Waals surface area contributed by atoms with E-state index in [-0.39, 0.29) is 41.9 Å². The second-order valence-corrected chi connectivity index (χ2v) is 9.19. The highest BCUT2D eigenvalue weighted by Crippen LogP contribution is 2.43. The number of fused-ring (bicyclic) bond motifs is 2. The third-order valence-corrected chi connectivity index (χ3v) is 6.56. The van der Waals surface area contributed by atoms with Gasteiger partial charge in [-0.3, -0.25) is 4.79 Å². The molecule has 13 heteroatoms. The number of nitrogens with one attached hydrogen (secondary N) is 3. The maximum atomic E-state index is 13.6. The molecule has 0 bridgehead atoms. The van der Waals surface area contributed by atoms with Crippen LogP contribution in [0.3, 0.4) is 0 Å². The summed E-state index contributed by atoms with van der Waals surface area (Å²) in [7, 11) is 0. The van der Waals surface area contributed by atoms with Crippen molar-refractivity contribution in [3.05, 3.63) is 29.5 Å². The van der Waals surface area contributed by atoms with E-state index in [4.69, 9.17) is 14.2 Å². The minimum Gasteiger partial charge on any atom is -0.485 e. The summed E-state index contributed by atoms with van der Waals surface area (Å²) in [6.45, 7) is 2.98. The number of halogens is 3. The molecule has 3 N–H and O–H groups in total. The largest absolute Gasteiger partial charge is 0.485 e. The van der Waals surface area contributed by atoms with Gasteiger partial charge in [0.25, 0.3) is 5.91 Å². The van der Waals surface area contributed by atoms with Crippen LogP contribution in [0.15, 0.2) is 18.3 Å². The van der Waals surface area contributed by atoms with Crippen LogP contribution >= 0.6 is 0 Å². The number of benzene rings is 1. The number of alkyl halides is 3. The van der Waals surface area contributed by atoms with Gasteiger partial charge in [-0.1, -0.05) is 0 Å². The molecule has 3 aromatic rings. The van der Waals surface area contributed by atoms with Crippen molar-refractivity contribution < 1.29 is 32.2 Å². The zero-order valence-electron chi connectivity index (χ0n) is 19.8. The molecule has 0 radical (unpaired) electrons. The molecule has 1 saturated carbocycles. The van der Waals surface area contributed by atoms with Crippen LogP contribution in [0.5, 0.6) is 11.5 Å². The lowest BCUT2D eigenvalue weighted by Crippen LogP contribution is -2.41. The van der Waals surface area contributed by atoms with Crippen molar-refractivity contribution in [1.82, 2.24) is 19.9 Å². The van der Waals surface area contributed by atoms with Crippen LogP contribution in [0, 0.1) is 5.92 Å². The van der Waals surface area contributed by atoms with Crippen molar-refractivity contribution in [2.75, 3.05) is 56.7 Å². The Hall–Kier alpha value is -3.74. The second kappa shape index (κ2) is 9.29. The van der Waals surface area contributed by atoms with Crippen molar-refractivity contribution in [1.29, 1.82) is 0 Å². The predicted molar refractivity (Wildman–Crippen MR) is 128 cm³/mol. The maximum absolute atomic E-state index is 13.6. The van der Waals surface area contributed by atoms with E-state index in [1.54, 1.807) is 17.0 Å². The molecule has 196 valence electrons. The molecule has 0 spiro atoms. The van der Waals surface area contributed by atoms with E-state index in [1.807, 2.05) is 0 Å². The minimum atomic E-state index is -4.56. The second-order valence-electron chi connectivity index (χ2n) is 9.19. The number of hydrogen-bond donors (Lipinski definition) is 3. The van der Waals surface area contributed by atoms with Gasteiger partial charge in [-0.15, -0.1) is 0 Å². The predicted octanol–water partition coefficient (Wildman–Crippen LogP) is 3.79. The highest BCUT2D eigenvalue weighted by Gasteiger charge is 2.36. The average Bonchev–Trinajstić information content (AvgIpc) is 3.63. The Labute approximate surface area is 209 Å². The summed E-state index contributed by atoms with van der Waals surface area (Å²) in [5.41, 5.74) is 0.0218. The number of aromatic amines is 1. The van der Waals surface area contributed by atoms with Gasteiger partial charge in [-0.25, -0.2) is 0 Å². The zero-order valence-corrected chi connectivity index (χ0v) is 19.8. The quantitative estimate of drug-likeness (QED) is 0.452. The van der Waals surface area contributed by atoms with Gasteiger partial charge < -0.3 is 34.7 Å². The fourth-order valence-electron chi connectivity index (χ4n) is 4.46. The van der Waals surface area contributed by atoms with E-state index in [9.17, 15) is 18.0 Å². The van der Waals surface area contributed by atoms with Crippen molar-refractivity contribution in [2.45, 2.75) is 19.0 Å². The van der Waals surface area contributed by atoms with Gasteiger partial charge in [-0.05, 0) is 30.9 Å². The lowest BCUT2D eigenvalue weighted by atomic mass is 10.1. The standard InChI is InChI=1S/C24H25F3N6O4/c25-24(26,27)15-12-29-21-17(15)20(28-11-13-1-2-13)31-23(32-21)30-16-4-3-14(18-19(16)37-10-9-36-18)22(34)33-5-7-35-8-6-33/h3-4,12-13H,1-2,5-11H2,(H3,28,29,30,31,32). The van der Waals surface area contributed by atoms with E-state index in [0.29, 0.717) is 61.5 Å². The molecule has 2 aromatic heterocycles. The fraction of sp³-hybridized carbons (Fsp3) is 0.458. The minimum absolute atomic E-state index is 0.0493. The molecular weight excluding hydrogens is 493 g/mol. The smallest absolute Gasteiger partial charge is 0.418 e. The molecule has 1 amide bonds. The number of rotatable bonds is 6. The SMILES string of the molecule is O=C(c1ccc(Nc2nc(NCC3CC3)c3c(C(F)(F)F)c[nH]c3n2)c2c1OCCO2)N1CCOCC1. The van der Waals surface area contributed by atoms with E-state index < -0.39 is 11.7 Å². The molecular formula is C24H25F3N6O4. The summed E-state index contributed by atoms with van der Waals surface area (Å²) < 4.78 is 57.9. The Balaban J connectivity index is 1.35. The van der Waals surface area contributed by atoms with E-state index in [2.05, 4.69) is 25.6 Å². The fourth-order valence-corrected chi connectivity index (χ4v) is 4.46. The van der Waals surface area contributed by atoms with Gasteiger partial charge in [0.1, 0.15) is 24.7 Å². The number of nitrogens with zero attached hydrogens (tertiary/aromatic N) is 3. The molecule has 1 aliphatic carbocycles. The first-order valence-corrected chi connectivity index (χ1v) is 12.2. The summed E-state index contributed by atoms with van der Waals surface area (Å²) in [5.74, 6) is 1.03. The number of aromatic nitrogens is 3. The molecule has 0 unspecified atom stereocenters. The molecule has 1 aromatic carbocycles. The molecule has 3 aliphatic rings. The topological polar surface area (TPSA) is 114 Å². The van der Waals surface area contributed by atoms with Crippen LogP contribution in [0.25, 0.3) is 11.0 Å². The lowest BCUT2D eigenvalue weighted by Gasteiger charge is -2.29. The Morgan fingerprint density at radius 3 is 2.57 bits per heavy atom. The number of carbonyl (C=O) groups excluding carboxylic acids is 1. The van der Waals surface area contributed by atoms with Crippen LogP contribution in [-0.4, -0.2) is 71.8 Å². The monoisotopic (exact) mass is 518 g/mol. The van der Waals surface area contributed by atoms with E-state index in [0.717, 1.165) is 19.0 Å². The average molecular weight is 518 g/mol. The highest BCUT2D eigenvalue weighted by atomic mass is 19.4. The van der Waals surface area contributed by atoms with Crippen LogP contribution < -0.4 is 20.1 Å². The maximum Gasteiger partial charge on any atom is 0.418 e. The number of ether oxygens (including phenoxy) is 3. The van der Waals surface area contributed by atoms with Gasteiger partial charge in [-0.2, -0.15) is 23.1 Å². The molecule has 6 rings (SSSR count). The lowest BCUT2D eigenvalue weighted by molar-refractivity contribution is -0.136. The van der Waals surface area contributed by atoms with Crippen LogP contribution in [0.2, 0.25) is 0 Å². The number of anilines is 3. The number of H-pyrrole nitrogens is 1. The molecule has 37 heavy (non-hydrogen) atoms. The summed E-state index contributed by atoms with van der Waals surface area (Å²) in [5, 5.41) is 6.01. The molecule has 2 aliphatic heterocycles. The van der Waals surface area contributed by atoms with Gasteiger partial charge >= 0.3 is 6.18 Å². The summed E-state index contributed by atoms with van der Waals surface area (Å²) >= 11 is 0. The normalized spacial score (nSPS) is 17.6. The molecule has 1 saturated heterocycles. The van der Waals surface area contributed by atoms with Crippen LogP contribution in [0.4, 0.5) is 30.6 Å². The van der Waals surface area contributed by atoms with Crippen molar-refractivity contribution in [3.8, 4) is 11.5 Å².